The molecule has 12 heavy (non-hydrogen) atoms. The third kappa shape index (κ3) is 1.08. The van der Waals surface area contributed by atoms with Crippen molar-refractivity contribution >= 4 is 10.2 Å². The molecule has 0 aliphatic heterocycles. The topological polar surface area (TPSA) is 34.1 Å². The van der Waals surface area contributed by atoms with Gasteiger partial charge in [0.15, 0.2) is 0 Å². The summed E-state index contributed by atoms with van der Waals surface area (Å²) in [5.74, 6) is 0. The molecule has 4 heteroatoms. The van der Waals surface area contributed by atoms with Crippen LogP contribution in [0.15, 0.2) is 0 Å². The minimum Gasteiger partial charge on any atom is -0.195 e. The van der Waals surface area contributed by atoms with E-state index in [-0.39, 0.29) is 5.41 Å². The summed E-state index contributed by atoms with van der Waals surface area (Å²) in [6, 6.07) is 0. The smallest absolute Gasteiger partial charge is 0.195 e. The highest BCUT2D eigenvalue weighted by Crippen LogP contribution is 2.56. The minimum atomic E-state index is -4.26. The highest BCUT2D eigenvalue weighted by molar-refractivity contribution is 7.87. The molecule has 0 aromatic heterocycles. The molecule has 2 rings (SSSR count). The third-order valence-corrected chi connectivity index (χ3v) is 4.94. The van der Waals surface area contributed by atoms with E-state index in [0.29, 0.717) is 6.42 Å². The van der Waals surface area contributed by atoms with Crippen molar-refractivity contribution in [1.82, 2.24) is 0 Å². The number of rotatable bonds is 1. The molecule has 0 amide bonds. The van der Waals surface area contributed by atoms with E-state index in [0.717, 1.165) is 32.1 Å². The van der Waals surface area contributed by atoms with Gasteiger partial charge in [0.05, 0.1) is 5.25 Å². The van der Waals surface area contributed by atoms with Crippen molar-refractivity contribution in [2.24, 2.45) is 5.41 Å². The SMILES string of the molecule is O=S(=O)(F)C1CCC12CCCC2. The van der Waals surface area contributed by atoms with Crippen LogP contribution < -0.4 is 0 Å². The first-order chi connectivity index (χ1) is 5.55. The Labute approximate surface area is 72.4 Å². The van der Waals surface area contributed by atoms with Crippen molar-refractivity contribution in [2.75, 3.05) is 0 Å². The molecule has 0 heterocycles. The van der Waals surface area contributed by atoms with E-state index in [1.54, 1.807) is 0 Å². The molecule has 2 fully saturated rings. The van der Waals surface area contributed by atoms with Gasteiger partial charge in [-0.3, -0.25) is 0 Å². The first kappa shape index (κ1) is 8.48. The van der Waals surface area contributed by atoms with Crippen LogP contribution in [0, 0.1) is 5.41 Å². The van der Waals surface area contributed by atoms with Gasteiger partial charge in [-0.1, -0.05) is 12.8 Å². The normalized spacial score (nSPS) is 33.6. The highest BCUT2D eigenvalue weighted by Gasteiger charge is 2.54. The molecule has 2 aliphatic carbocycles. The molecule has 2 saturated carbocycles. The van der Waals surface area contributed by atoms with Gasteiger partial charge in [-0.2, -0.15) is 8.42 Å². The van der Waals surface area contributed by atoms with Crippen LogP contribution >= 0.6 is 0 Å². The van der Waals surface area contributed by atoms with E-state index < -0.39 is 15.5 Å². The molecule has 2 aliphatic rings. The Kier molecular flexibility index (Phi) is 1.72. The van der Waals surface area contributed by atoms with Crippen LogP contribution in [0.4, 0.5) is 3.89 Å². The number of hydrogen-bond acceptors (Lipinski definition) is 2. The molecular formula is C8H13FO2S. The first-order valence-electron chi connectivity index (χ1n) is 4.48. The standard InChI is InChI=1S/C8H13FO2S/c9-12(10,11)7-3-6-8(7)4-1-2-5-8/h7H,1-6H2. The maximum absolute atomic E-state index is 12.7. The maximum atomic E-state index is 12.7. The van der Waals surface area contributed by atoms with Gasteiger partial charge in [-0.05, 0) is 31.1 Å². The Morgan fingerprint density at radius 1 is 1.17 bits per heavy atom. The lowest BCUT2D eigenvalue weighted by molar-refractivity contribution is 0.146. The van der Waals surface area contributed by atoms with Crippen LogP contribution in [-0.4, -0.2) is 13.7 Å². The average molecular weight is 192 g/mol. The molecule has 1 atom stereocenters. The van der Waals surface area contributed by atoms with Gasteiger partial charge in [0, 0.05) is 0 Å². The second-order valence-electron chi connectivity index (χ2n) is 4.07. The fourth-order valence-corrected chi connectivity index (χ4v) is 4.11. The largest absolute Gasteiger partial charge is 0.305 e. The van der Waals surface area contributed by atoms with E-state index in [2.05, 4.69) is 0 Å². The van der Waals surface area contributed by atoms with E-state index in [1.807, 2.05) is 0 Å². The lowest BCUT2D eigenvalue weighted by Gasteiger charge is -2.44. The minimum absolute atomic E-state index is 0.145. The van der Waals surface area contributed by atoms with Crippen molar-refractivity contribution in [2.45, 2.75) is 43.8 Å². The summed E-state index contributed by atoms with van der Waals surface area (Å²) in [7, 11) is -4.26. The summed E-state index contributed by atoms with van der Waals surface area (Å²) in [6.45, 7) is 0. The van der Waals surface area contributed by atoms with Crippen LogP contribution in [-0.2, 0) is 10.2 Å². The van der Waals surface area contributed by atoms with Gasteiger partial charge in [0.2, 0.25) is 0 Å². The Hall–Kier alpha value is -0.120. The summed E-state index contributed by atoms with van der Waals surface area (Å²) in [4.78, 5) is 0. The van der Waals surface area contributed by atoms with Gasteiger partial charge >= 0.3 is 10.2 Å². The summed E-state index contributed by atoms with van der Waals surface area (Å²) < 4.78 is 34.1. The zero-order valence-electron chi connectivity index (χ0n) is 6.92. The van der Waals surface area contributed by atoms with E-state index >= 15 is 0 Å². The predicted molar refractivity (Wildman–Crippen MR) is 44.0 cm³/mol. The van der Waals surface area contributed by atoms with Crippen LogP contribution in [0.5, 0.6) is 0 Å². The van der Waals surface area contributed by atoms with Crippen molar-refractivity contribution < 1.29 is 12.3 Å². The molecule has 1 unspecified atom stereocenters. The first-order valence-corrected chi connectivity index (χ1v) is 5.93. The van der Waals surface area contributed by atoms with Crippen molar-refractivity contribution in [3.05, 3.63) is 0 Å². The summed E-state index contributed by atoms with van der Waals surface area (Å²) >= 11 is 0. The molecule has 1 spiro atoms. The second kappa shape index (κ2) is 2.44. The second-order valence-corrected chi connectivity index (χ2v) is 5.59. The lowest BCUT2D eigenvalue weighted by Crippen LogP contribution is -2.46. The van der Waals surface area contributed by atoms with Gasteiger partial charge in [0.1, 0.15) is 0 Å². The Morgan fingerprint density at radius 2 is 1.75 bits per heavy atom. The predicted octanol–water partition coefficient (Wildman–Crippen LogP) is 2.01. The summed E-state index contributed by atoms with van der Waals surface area (Å²) in [5, 5.41) is -0.660. The molecule has 0 aromatic carbocycles. The third-order valence-electron chi connectivity index (χ3n) is 3.53. The van der Waals surface area contributed by atoms with Gasteiger partial charge < -0.3 is 0 Å². The monoisotopic (exact) mass is 192 g/mol. The summed E-state index contributed by atoms with van der Waals surface area (Å²) in [5.41, 5.74) is -0.145. The number of hydrogen-bond donors (Lipinski definition) is 0. The van der Waals surface area contributed by atoms with Crippen LogP contribution in [0.2, 0.25) is 0 Å². The molecule has 2 nitrogen and oxygen atoms in total. The molecular weight excluding hydrogens is 179 g/mol. The lowest BCUT2D eigenvalue weighted by atomic mass is 9.67. The van der Waals surface area contributed by atoms with Crippen molar-refractivity contribution in [3.8, 4) is 0 Å². The maximum Gasteiger partial charge on any atom is 0.305 e. The summed E-state index contributed by atoms with van der Waals surface area (Å²) in [6.07, 6.45) is 5.44. The Morgan fingerprint density at radius 3 is 2.08 bits per heavy atom. The quantitative estimate of drug-likeness (QED) is 0.595. The average Bonchev–Trinajstić information content (AvgIpc) is 2.28. The Balaban J connectivity index is 2.20. The van der Waals surface area contributed by atoms with Crippen LogP contribution in [0.3, 0.4) is 0 Å². The van der Waals surface area contributed by atoms with Crippen LogP contribution in [0.25, 0.3) is 0 Å². The fourth-order valence-electron chi connectivity index (χ4n) is 2.76. The molecule has 0 N–H and O–H groups in total. The van der Waals surface area contributed by atoms with Crippen molar-refractivity contribution in [3.63, 3.8) is 0 Å². The number of halogens is 1. The van der Waals surface area contributed by atoms with E-state index in [1.165, 1.54) is 0 Å². The van der Waals surface area contributed by atoms with E-state index in [9.17, 15) is 12.3 Å². The van der Waals surface area contributed by atoms with Gasteiger partial charge in [-0.15, -0.1) is 3.89 Å². The molecule has 70 valence electrons. The zero-order valence-corrected chi connectivity index (χ0v) is 7.74. The Bertz CT molecular complexity index is 277. The van der Waals surface area contributed by atoms with Gasteiger partial charge in [-0.25, -0.2) is 0 Å². The van der Waals surface area contributed by atoms with E-state index in [4.69, 9.17) is 0 Å². The molecule has 0 bridgehead atoms. The highest BCUT2D eigenvalue weighted by atomic mass is 32.3. The van der Waals surface area contributed by atoms with Crippen molar-refractivity contribution in [1.29, 1.82) is 0 Å². The molecule has 0 aromatic rings. The fraction of sp³-hybridized carbons (Fsp3) is 1.00. The molecule has 0 radical (unpaired) electrons. The zero-order chi connectivity index (χ0) is 8.82. The van der Waals surface area contributed by atoms with Gasteiger partial charge in [0.25, 0.3) is 0 Å². The molecule has 0 saturated heterocycles. The van der Waals surface area contributed by atoms with Crippen LogP contribution in [0.1, 0.15) is 38.5 Å².